The van der Waals surface area contributed by atoms with E-state index in [4.69, 9.17) is 4.74 Å². The fraction of sp³-hybridized carbons (Fsp3) is 0.238. The first-order valence-corrected chi connectivity index (χ1v) is 8.29. The summed E-state index contributed by atoms with van der Waals surface area (Å²) in [6.45, 7) is 7.67. The van der Waals surface area contributed by atoms with Crippen LogP contribution in [0.4, 0.5) is 0 Å². The standard InChI is InChI=1S/C21H21NO3/c1-5-9-13(2)18-19(21(24)25-20(18)23)17-12-14(3)22(15(17)4)16-10-7-6-8-11-16/h5-12,19H,1-4H3/b9-5+,18-13+. The van der Waals surface area contributed by atoms with Crippen molar-refractivity contribution >= 4 is 11.9 Å². The second-order valence-corrected chi connectivity index (χ2v) is 6.24. The maximum Gasteiger partial charge on any atom is 0.343 e. The van der Waals surface area contributed by atoms with Gasteiger partial charge < -0.3 is 9.30 Å². The molecular formula is C21H21NO3. The fourth-order valence-corrected chi connectivity index (χ4v) is 3.51. The first-order chi connectivity index (χ1) is 12.0. The zero-order valence-electron chi connectivity index (χ0n) is 14.9. The van der Waals surface area contributed by atoms with Gasteiger partial charge in [-0.1, -0.05) is 30.4 Å². The summed E-state index contributed by atoms with van der Waals surface area (Å²) >= 11 is 0. The lowest BCUT2D eigenvalue weighted by atomic mass is 9.90. The summed E-state index contributed by atoms with van der Waals surface area (Å²) in [7, 11) is 0. The lowest BCUT2D eigenvalue weighted by molar-refractivity contribution is -0.151. The molecule has 128 valence electrons. The third-order valence-corrected chi connectivity index (χ3v) is 4.57. The number of ether oxygens (including phenoxy) is 1. The van der Waals surface area contributed by atoms with Gasteiger partial charge in [-0.25, -0.2) is 4.79 Å². The molecule has 0 N–H and O–H groups in total. The Labute approximate surface area is 147 Å². The van der Waals surface area contributed by atoms with Gasteiger partial charge in [-0.05, 0) is 57.0 Å². The Balaban J connectivity index is 2.18. The summed E-state index contributed by atoms with van der Waals surface area (Å²) in [5, 5.41) is 0. The molecule has 0 radical (unpaired) electrons. The third kappa shape index (κ3) is 2.84. The number of aromatic nitrogens is 1. The summed E-state index contributed by atoms with van der Waals surface area (Å²) < 4.78 is 7.03. The van der Waals surface area contributed by atoms with Gasteiger partial charge in [0, 0.05) is 17.1 Å². The molecule has 1 aliphatic heterocycles. The monoisotopic (exact) mass is 335 g/mol. The Kier molecular flexibility index (Phi) is 4.45. The van der Waals surface area contributed by atoms with Gasteiger partial charge in [0.15, 0.2) is 0 Å². The van der Waals surface area contributed by atoms with Crippen LogP contribution >= 0.6 is 0 Å². The Hall–Kier alpha value is -2.88. The third-order valence-electron chi connectivity index (χ3n) is 4.57. The normalized spacial score (nSPS) is 19.6. The van der Waals surface area contributed by atoms with Gasteiger partial charge >= 0.3 is 11.9 Å². The van der Waals surface area contributed by atoms with Crippen molar-refractivity contribution in [3.63, 3.8) is 0 Å². The van der Waals surface area contributed by atoms with Crippen molar-refractivity contribution in [1.29, 1.82) is 0 Å². The van der Waals surface area contributed by atoms with Gasteiger partial charge in [-0.15, -0.1) is 0 Å². The number of carbonyl (C=O) groups is 2. The van der Waals surface area contributed by atoms with Crippen LogP contribution in [0, 0.1) is 13.8 Å². The van der Waals surface area contributed by atoms with Crippen LogP contribution in [0.25, 0.3) is 5.69 Å². The van der Waals surface area contributed by atoms with Gasteiger partial charge in [0.25, 0.3) is 0 Å². The second-order valence-electron chi connectivity index (χ2n) is 6.24. The number of nitrogens with zero attached hydrogens (tertiary/aromatic N) is 1. The highest BCUT2D eigenvalue weighted by atomic mass is 16.6. The molecule has 3 rings (SSSR count). The van der Waals surface area contributed by atoms with Gasteiger partial charge in [0.1, 0.15) is 5.92 Å². The van der Waals surface area contributed by atoms with E-state index >= 15 is 0 Å². The summed E-state index contributed by atoms with van der Waals surface area (Å²) in [4.78, 5) is 24.6. The lowest BCUT2D eigenvalue weighted by Gasteiger charge is -2.12. The number of para-hydroxylation sites is 1. The Morgan fingerprint density at radius 3 is 2.48 bits per heavy atom. The van der Waals surface area contributed by atoms with Crippen molar-refractivity contribution in [3.05, 3.63) is 76.6 Å². The van der Waals surface area contributed by atoms with Crippen LogP contribution in [-0.2, 0) is 14.3 Å². The summed E-state index contributed by atoms with van der Waals surface area (Å²) in [6.07, 6.45) is 3.68. The van der Waals surface area contributed by atoms with E-state index in [1.54, 1.807) is 0 Å². The molecule has 1 unspecified atom stereocenters. The number of hydrogen-bond acceptors (Lipinski definition) is 3. The molecule has 0 saturated carbocycles. The summed E-state index contributed by atoms with van der Waals surface area (Å²) in [5.41, 5.74) is 4.97. The molecule has 0 spiro atoms. The first-order valence-electron chi connectivity index (χ1n) is 8.29. The van der Waals surface area contributed by atoms with E-state index in [2.05, 4.69) is 4.57 Å². The van der Waals surface area contributed by atoms with Crippen molar-refractivity contribution in [2.45, 2.75) is 33.6 Å². The molecule has 25 heavy (non-hydrogen) atoms. The SMILES string of the molecule is C/C=C/C(C)=C1/C(=O)OC(=O)C1c1cc(C)n(-c2ccccc2)c1C. The average molecular weight is 335 g/mol. The number of allylic oxidation sites excluding steroid dienone is 3. The van der Waals surface area contributed by atoms with E-state index in [0.717, 1.165) is 28.2 Å². The van der Waals surface area contributed by atoms with Crippen LogP contribution in [0.2, 0.25) is 0 Å². The largest absolute Gasteiger partial charge is 0.389 e. The molecule has 1 aliphatic rings. The molecule has 0 aliphatic carbocycles. The minimum Gasteiger partial charge on any atom is -0.389 e. The molecule has 4 nitrogen and oxygen atoms in total. The minimum absolute atomic E-state index is 0.427. The average Bonchev–Trinajstić information content (AvgIpc) is 3.03. The fourth-order valence-electron chi connectivity index (χ4n) is 3.51. The topological polar surface area (TPSA) is 48.3 Å². The van der Waals surface area contributed by atoms with Crippen molar-refractivity contribution in [1.82, 2.24) is 4.57 Å². The quantitative estimate of drug-likeness (QED) is 0.481. The van der Waals surface area contributed by atoms with Crippen molar-refractivity contribution < 1.29 is 14.3 Å². The van der Waals surface area contributed by atoms with Crippen LogP contribution in [0.5, 0.6) is 0 Å². The van der Waals surface area contributed by atoms with E-state index in [9.17, 15) is 9.59 Å². The van der Waals surface area contributed by atoms with Crippen LogP contribution in [0.15, 0.2) is 59.7 Å². The molecule has 1 atom stereocenters. The molecule has 0 bridgehead atoms. The zero-order valence-corrected chi connectivity index (χ0v) is 14.9. The lowest BCUT2D eigenvalue weighted by Crippen LogP contribution is -2.10. The van der Waals surface area contributed by atoms with Crippen LogP contribution in [0.3, 0.4) is 0 Å². The Morgan fingerprint density at radius 2 is 1.84 bits per heavy atom. The van der Waals surface area contributed by atoms with Crippen LogP contribution in [0.1, 0.15) is 36.7 Å². The number of carbonyl (C=O) groups excluding carboxylic acids is 2. The van der Waals surface area contributed by atoms with E-state index in [-0.39, 0.29) is 0 Å². The maximum atomic E-state index is 12.4. The highest BCUT2D eigenvalue weighted by Gasteiger charge is 2.42. The van der Waals surface area contributed by atoms with Crippen LogP contribution < -0.4 is 0 Å². The van der Waals surface area contributed by atoms with Gasteiger partial charge in [-0.3, -0.25) is 4.79 Å². The van der Waals surface area contributed by atoms with E-state index in [0.29, 0.717) is 5.57 Å². The minimum atomic E-state index is -0.674. The number of hydrogen-bond donors (Lipinski definition) is 0. The number of cyclic esters (lactones) is 2. The van der Waals surface area contributed by atoms with Crippen molar-refractivity contribution in [2.24, 2.45) is 0 Å². The number of esters is 2. The molecule has 1 aromatic carbocycles. The molecule has 1 fully saturated rings. The molecular weight excluding hydrogens is 314 g/mol. The number of rotatable bonds is 3. The van der Waals surface area contributed by atoms with E-state index < -0.39 is 17.9 Å². The predicted molar refractivity (Wildman–Crippen MR) is 96.6 cm³/mol. The van der Waals surface area contributed by atoms with Gasteiger partial charge in [0.2, 0.25) is 0 Å². The van der Waals surface area contributed by atoms with Crippen molar-refractivity contribution in [2.75, 3.05) is 0 Å². The maximum absolute atomic E-state index is 12.4. The molecule has 0 amide bonds. The number of aryl methyl sites for hydroxylation is 1. The Bertz CT molecular complexity index is 901. The molecule has 1 aromatic heterocycles. The van der Waals surface area contributed by atoms with Gasteiger partial charge in [-0.2, -0.15) is 0 Å². The second kappa shape index (κ2) is 6.55. The zero-order chi connectivity index (χ0) is 18.1. The van der Waals surface area contributed by atoms with Crippen molar-refractivity contribution in [3.8, 4) is 5.69 Å². The number of benzene rings is 1. The first kappa shape index (κ1) is 17.0. The molecule has 1 saturated heterocycles. The molecule has 2 aromatic rings. The van der Waals surface area contributed by atoms with E-state index in [1.165, 1.54) is 0 Å². The smallest absolute Gasteiger partial charge is 0.343 e. The highest BCUT2D eigenvalue weighted by molar-refractivity contribution is 6.11. The summed E-state index contributed by atoms with van der Waals surface area (Å²) in [6, 6.07) is 11.9. The molecule has 4 heteroatoms. The van der Waals surface area contributed by atoms with E-state index in [1.807, 2.05) is 76.2 Å². The van der Waals surface area contributed by atoms with Gasteiger partial charge in [0.05, 0.1) is 5.57 Å². The Morgan fingerprint density at radius 1 is 1.16 bits per heavy atom. The molecule has 2 heterocycles. The highest BCUT2D eigenvalue weighted by Crippen LogP contribution is 2.38. The van der Waals surface area contributed by atoms with Crippen LogP contribution in [-0.4, -0.2) is 16.5 Å². The summed E-state index contributed by atoms with van der Waals surface area (Å²) in [5.74, 6) is -1.72. The predicted octanol–water partition coefficient (Wildman–Crippen LogP) is 4.15.